The van der Waals surface area contributed by atoms with Gasteiger partial charge in [-0.1, -0.05) is 0 Å². The molecule has 15 heavy (non-hydrogen) atoms. The Balaban J connectivity index is 2.76. The van der Waals surface area contributed by atoms with E-state index in [0.29, 0.717) is 12.8 Å². The summed E-state index contributed by atoms with van der Waals surface area (Å²) in [7, 11) is 2.38. The summed E-state index contributed by atoms with van der Waals surface area (Å²) >= 11 is 0. The maximum absolute atomic E-state index is 11.3. The Morgan fingerprint density at radius 3 is 2.20 bits per heavy atom. The van der Waals surface area contributed by atoms with E-state index in [2.05, 4.69) is 14.8 Å². The topological polar surface area (TPSA) is 81.7 Å². The maximum atomic E-state index is 11.3. The van der Waals surface area contributed by atoms with Crippen LogP contribution in [0.25, 0.3) is 0 Å². The van der Waals surface area contributed by atoms with Crippen LogP contribution in [-0.4, -0.2) is 38.1 Å². The third-order valence-corrected chi connectivity index (χ3v) is 2.34. The van der Waals surface area contributed by atoms with Crippen molar-refractivity contribution in [1.29, 1.82) is 0 Å². The zero-order chi connectivity index (χ0) is 11.4. The fourth-order valence-electron chi connectivity index (χ4n) is 1.57. The number of esters is 2. The van der Waals surface area contributed by atoms with Crippen LogP contribution in [0.4, 0.5) is 0 Å². The number of methoxy groups -OCH3 is 2. The molecule has 6 nitrogen and oxygen atoms in total. The van der Waals surface area contributed by atoms with Crippen molar-refractivity contribution in [2.45, 2.75) is 18.9 Å². The number of amides is 1. The minimum Gasteiger partial charge on any atom is -0.468 e. The van der Waals surface area contributed by atoms with Crippen LogP contribution >= 0.6 is 0 Å². The number of carbonyl (C=O) groups excluding carboxylic acids is 3. The second kappa shape index (κ2) is 4.77. The van der Waals surface area contributed by atoms with Gasteiger partial charge in [-0.3, -0.25) is 14.4 Å². The van der Waals surface area contributed by atoms with Crippen molar-refractivity contribution < 1.29 is 23.9 Å². The van der Waals surface area contributed by atoms with Gasteiger partial charge in [0.05, 0.1) is 20.3 Å². The fraction of sp³-hybridized carbons (Fsp3) is 0.667. The lowest BCUT2D eigenvalue weighted by Crippen LogP contribution is -2.43. The number of hydrogen-bond acceptors (Lipinski definition) is 5. The summed E-state index contributed by atoms with van der Waals surface area (Å²) in [4.78, 5) is 33.6. The summed E-state index contributed by atoms with van der Waals surface area (Å²) in [5.74, 6) is -2.60. The first-order valence-electron chi connectivity index (χ1n) is 4.55. The van der Waals surface area contributed by atoms with Gasteiger partial charge in [0.25, 0.3) is 0 Å². The molecule has 1 rings (SSSR count). The number of hydrogen-bond donors (Lipinski definition) is 1. The van der Waals surface area contributed by atoms with Gasteiger partial charge in [0.1, 0.15) is 0 Å². The van der Waals surface area contributed by atoms with Crippen LogP contribution in [0.1, 0.15) is 12.8 Å². The lowest BCUT2D eigenvalue weighted by atomic mass is 9.99. The molecule has 0 aliphatic carbocycles. The van der Waals surface area contributed by atoms with Crippen molar-refractivity contribution in [3.8, 4) is 0 Å². The second-order valence-corrected chi connectivity index (χ2v) is 3.24. The first-order chi connectivity index (χ1) is 7.10. The Hall–Kier alpha value is -1.59. The summed E-state index contributed by atoms with van der Waals surface area (Å²) in [6.07, 6.45) is 0.753. The highest BCUT2D eigenvalue weighted by atomic mass is 16.5. The predicted octanol–water partition coefficient (Wildman–Crippen LogP) is -0.773. The van der Waals surface area contributed by atoms with Crippen LogP contribution in [0.3, 0.4) is 0 Å². The highest BCUT2D eigenvalue weighted by Crippen LogP contribution is 2.18. The van der Waals surface area contributed by atoms with Crippen LogP contribution in [0, 0.1) is 5.92 Å². The molecular formula is C9H13NO5. The molecule has 6 heteroatoms. The Labute approximate surface area is 86.9 Å². The van der Waals surface area contributed by atoms with Crippen molar-refractivity contribution in [2.75, 3.05) is 14.2 Å². The fourth-order valence-corrected chi connectivity index (χ4v) is 1.57. The van der Waals surface area contributed by atoms with Gasteiger partial charge >= 0.3 is 11.9 Å². The first kappa shape index (κ1) is 11.5. The molecule has 0 saturated carbocycles. The molecule has 1 aliphatic heterocycles. The van der Waals surface area contributed by atoms with E-state index < -0.39 is 23.9 Å². The van der Waals surface area contributed by atoms with Crippen LogP contribution in [0.15, 0.2) is 0 Å². The summed E-state index contributed by atoms with van der Waals surface area (Å²) in [5, 5.41) is 2.54. The number of rotatable bonds is 3. The highest BCUT2D eigenvalue weighted by Gasteiger charge is 2.40. The molecule has 1 unspecified atom stereocenters. The van der Waals surface area contributed by atoms with E-state index in [1.54, 1.807) is 0 Å². The second-order valence-electron chi connectivity index (χ2n) is 3.24. The SMILES string of the molecule is COC(=O)C(C(=O)OC)C1CCC(=O)N1. The third kappa shape index (κ3) is 2.45. The normalized spacial score (nSPS) is 19.9. The van der Waals surface area contributed by atoms with Crippen molar-refractivity contribution in [1.82, 2.24) is 5.32 Å². The molecular weight excluding hydrogens is 202 g/mol. The number of nitrogens with one attached hydrogen (secondary N) is 1. The molecule has 1 N–H and O–H groups in total. The van der Waals surface area contributed by atoms with Gasteiger partial charge in [0.2, 0.25) is 5.91 Å². The van der Waals surface area contributed by atoms with Crippen LogP contribution in [-0.2, 0) is 23.9 Å². The van der Waals surface area contributed by atoms with E-state index in [4.69, 9.17) is 0 Å². The van der Waals surface area contributed by atoms with Gasteiger partial charge in [0, 0.05) is 6.42 Å². The Morgan fingerprint density at radius 2 is 1.87 bits per heavy atom. The average Bonchev–Trinajstić information content (AvgIpc) is 2.64. The van der Waals surface area contributed by atoms with E-state index in [1.807, 2.05) is 0 Å². The minimum atomic E-state index is -1.06. The molecule has 84 valence electrons. The monoisotopic (exact) mass is 215 g/mol. The minimum absolute atomic E-state index is 0.169. The van der Waals surface area contributed by atoms with E-state index >= 15 is 0 Å². The molecule has 0 bridgehead atoms. The van der Waals surface area contributed by atoms with E-state index in [-0.39, 0.29) is 5.91 Å². The molecule has 0 aromatic rings. The van der Waals surface area contributed by atoms with Crippen molar-refractivity contribution in [3.05, 3.63) is 0 Å². The van der Waals surface area contributed by atoms with Gasteiger partial charge in [-0.25, -0.2) is 0 Å². The summed E-state index contributed by atoms with van der Waals surface area (Å²) in [6.45, 7) is 0. The van der Waals surface area contributed by atoms with Gasteiger partial charge in [-0.2, -0.15) is 0 Å². The Kier molecular flexibility index (Phi) is 3.65. The number of ether oxygens (including phenoxy) is 2. The van der Waals surface area contributed by atoms with E-state index in [9.17, 15) is 14.4 Å². The van der Waals surface area contributed by atoms with Crippen LogP contribution < -0.4 is 5.32 Å². The molecule has 1 aliphatic rings. The smallest absolute Gasteiger partial charge is 0.322 e. The van der Waals surface area contributed by atoms with Crippen molar-refractivity contribution >= 4 is 17.8 Å². The Bertz CT molecular complexity index is 272. The first-order valence-corrected chi connectivity index (χ1v) is 4.55. The van der Waals surface area contributed by atoms with Crippen molar-refractivity contribution in [2.24, 2.45) is 5.92 Å². The number of carbonyl (C=O) groups is 3. The molecule has 0 aromatic carbocycles. The molecule has 1 saturated heterocycles. The average molecular weight is 215 g/mol. The zero-order valence-electron chi connectivity index (χ0n) is 8.61. The Morgan fingerprint density at radius 1 is 1.33 bits per heavy atom. The van der Waals surface area contributed by atoms with Gasteiger partial charge in [-0.05, 0) is 6.42 Å². The maximum Gasteiger partial charge on any atom is 0.322 e. The molecule has 1 amide bonds. The molecule has 1 heterocycles. The lowest BCUT2D eigenvalue weighted by molar-refractivity contribution is -0.160. The summed E-state index contributed by atoms with van der Waals surface area (Å²) in [6, 6.07) is -0.516. The van der Waals surface area contributed by atoms with Crippen LogP contribution in [0.5, 0.6) is 0 Å². The van der Waals surface area contributed by atoms with Gasteiger partial charge < -0.3 is 14.8 Å². The van der Waals surface area contributed by atoms with Crippen molar-refractivity contribution in [3.63, 3.8) is 0 Å². The van der Waals surface area contributed by atoms with Gasteiger partial charge in [0.15, 0.2) is 5.92 Å². The molecule has 1 atom stereocenters. The zero-order valence-corrected chi connectivity index (χ0v) is 8.61. The van der Waals surface area contributed by atoms with E-state index in [1.165, 1.54) is 14.2 Å². The standard InChI is InChI=1S/C9H13NO5/c1-14-8(12)7(9(13)15-2)5-3-4-6(11)10-5/h5,7H,3-4H2,1-2H3,(H,10,11). The lowest BCUT2D eigenvalue weighted by Gasteiger charge is -2.18. The molecule has 1 fully saturated rings. The van der Waals surface area contributed by atoms with Gasteiger partial charge in [-0.15, -0.1) is 0 Å². The van der Waals surface area contributed by atoms with E-state index in [0.717, 1.165) is 0 Å². The predicted molar refractivity (Wildman–Crippen MR) is 48.7 cm³/mol. The van der Waals surface area contributed by atoms with Crippen LogP contribution in [0.2, 0.25) is 0 Å². The highest BCUT2D eigenvalue weighted by molar-refractivity contribution is 5.97. The molecule has 0 aromatic heterocycles. The summed E-state index contributed by atoms with van der Waals surface area (Å²) in [5.41, 5.74) is 0. The molecule has 0 spiro atoms. The third-order valence-electron chi connectivity index (χ3n) is 2.34. The quantitative estimate of drug-likeness (QED) is 0.493. The largest absolute Gasteiger partial charge is 0.468 e. The molecule has 0 radical (unpaired) electrons. The summed E-state index contributed by atoms with van der Waals surface area (Å²) < 4.78 is 8.98.